The molecule has 0 bridgehead atoms. The van der Waals surface area contributed by atoms with Gasteiger partial charge in [0, 0.05) is 15.9 Å². The predicted molar refractivity (Wildman–Crippen MR) is 76.8 cm³/mol. The van der Waals surface area contributed by atoms with E-state index in [1.165, 1.54) is 11.3 Å². The number of rotatable bonds is 4. The van der Waals surface area contributed by atoms with Crippen molar-refractivity contribution in [1.82, 2.24) is 4.72 Å². The maximum Gasteiger partial charge on any atom is 0.243 e. The van der Waals surface area contributed by atoms with Gasteiger partial charge in [0.2, 0.25) is 10.0 Å². The Hall–Kier alpha value is -1.03. The van der Waals surface area contributed by atoms with Gasteiger partial charge >= 0.3 is 0 Å². The molecule has 0 saturated carbocycles. The zero-order chi connectivity index (χ0) is 14.9. The van der Waals surface area contributed by atoms with E-state index in [1.54, 1.807) is 11.4 Å². The molecule has 2 aromatic rings. The molecule has 1 aromatic carbocycles. The van der Waals surface area contributed by atoms with E-state index in [0.29, 0.717) is 0 Å². The molecule has 0 fully saturated rings. The molecule has 0 radical (unpaired) electrons. The third-order valence-corrected chi connectivity index (χ3v) is 5.84. The fraction of sp³-hybridized carbons (Fsp3) is 0.0909. The van der Waals surface area contributed by atoms with Crippen molar-refractivity contribution in [3.05, 3.63) is 44.6 Å². The highest BCUT2D eigenvalue weighted by Crippen LogP contribution is 2.25. The van der Waals surface area contributed by atoms with Crippen molar-refractivity contribution in [3.63, 3.8) is 0 Å². The van der Waals surface area contributed by atoms with Gasteiger partial charge in [0.1, 0.15) is 16.4 Å². The Bertz CT molecular complexity index is 747. The molecule has 0 saturated heterocycles. The minimum atomic E-state index is -4.11. The summed E-state index contributed by atoms with van der Waals surface area (Å²) in [7, 11) is -4.11. The fourth-order valence-corrected chi connectivity index (χ4v) is 4.05. The van der Waals surface area contributed by atoms with Crippen molar-refractivity contribution >= 4 is 43.0 Å². The Kier molecular flexibility index (Phi) is 4.43. The van der Waals surface area contributed by atoms with E-state index in [-0.39, 0.29) is 6.54 Å². The van der Waals surface area contributed by atoms with Crippen molar-refractivity contribution < 1.29 is 17.2 Å². The molecule has 0 aliphatic heterocycles. The molecule has 1 heterocycles. The molecule has 0 unspecified atom stereocenters. The van der Waals surface area contributed by atoms with Crippen molar-refractivity contribution in [2.24, 2.45) is 0 Å². The van der Waals surface area contributed by atoms with Gasteiger partial charge in [-0.3, -0.25) is 0 Å². The van der Waals surface area contributed by atoms with Crippen LogP contribution in [0, 0.1) is 11.6 Å². The van der Waals surface area contributed by atoms with Crippen LogP contribution >= 0.6 is 27.3 Å². The minimum Gasteiger partial charge on any atom is -0.394 e. The van der Waals surface area contributed by atoms with E-state index in [9.17, 15) is 17.2 Å². The topological polar surface area (TPSA) is 72.2 Å². The Labute approximate surface area is 126 Å². The quantitative estimate of drug-likeness (QED) is 0.798. The molecule has 0 amide bonds. The van der Waals surface area contributed by atoms with E-state index in [1.807, 2.05) is 0 Å². The number of nitrogen functional groups attached to an aromatic ring is 1. The number of benzene rings is 1. The SMILES string of the molecule is Nc1c(F)ccc(S(=O)(=O)NCc2sccc2Br)c1F. The van der Waals surface area contributed by atoms with Gasteiger partial charge in [0.05, 0.1) is 0 Å². The Balaban J connectivity index is 2.27. The molecule has 2 rings (SSSR count). The summed E-state index contributed by atoms with van der Waals surface area (Å²) in [4.78, 5) is 0.0631. The maximum absolute atomic E-state index is 13.7. The van der Waals surface area contributed by atoms with Crippen molar-refractivity contribution in [2.45, 2.75) is 11.4 Å². The van der Waals surface area contributed by atoms with Crippen molar-refractivity contribution in [2.75, 3.05) is 5.73 Å². The van der Waals surface area contributed by atoms with E-state index in [0.717, 1.165) is 21.5 Å². The van der Waals surface area contributed by atoms with Gasteiger partial charge in [-0.1, -0.05) is 0 Å². The number of anilines is 1. The normalized spacial score (nSPS) is 11.8. The summed E-state index contributed by atoms with van der Waals surface area (Å²) in [6.07, 6.45) is 0. The van der Waals surface area contributed by atoms with Gasteiger partial charge in [-0.25, -0.2) is 21.9 Å². The summed E-state index contributed by atoms with van der Waals surface area (Å²) >= 11 is 4.60. The van der Waals surface area contributed by atoms with Crippen LogP contribution in [0.15, 0.2) is 32.9 Å². The molecular weight excluding hydrogens is 374 g/mol. The van der Waals surface area contributed by atoms with Crippen LogP contribution in [0.3, 0.4) is 0 Å². The van der Waals surface area contributed by atoms with Gasteiger partial charge < -0.3 is 5.73 Å². The molecule has 0 aliphatic rings. The zero-order valence-electron chi connectivity index (χ0n) is 9.86. The first-order valence-corrected chi connectivity index (χ1v) is 8.43. The lowest BCUT2D eigenvalue weighted by molar-refractivity contribution is 0.548. The highest BCUT2D eigenvalue weighted by atomic mass is 79.9. The maximum atomic E-state index is 13.7. The summed E-state index contributed by atoms with van der Waals surface area (Å²) in [5.41, 5.74) is 4.33. The Morgan fingerprint density at radius 3 is 2.60 bits per heavy atom. The van der Waals surface area contributed by atoms with Crippen LogP contribution in [-0.2, 0) is 16.6 Å². The molecule has 0 spiro atoms. The lowest BCUT2D eigenvalue weighted by Crippen LogP contribution is -2.24. The van der Waals surface area contributed by atoms with E-state index >= 15 is 0 Å². The van der Waals surface area contributed by atoms with Gasteiger partial charge in [-0.15, -0.1) is 11.3 Å². The second kappa shape index (κ2) is 5.76. The summed E-state index contributed by atoms with van der Waals surface area (Å²) in [5.74, 6) is -2.29. The first-order chi connectivity index (χ1) is 9.33. The predicted octanol–water partition coefficient (Wildman–Crippen LogP) is 2.85. The number of thiophene rings is 1. The smallest absolute Gasteiger partial charge is 0.243 e. The number of nitrogens with two attached hydrogens (primary N) is 1. The minimum absolute atomic E-state index is 0.00267. The highest BCUT2D eigenvalue weighted by Gasteiger charge is 2.22. The zero-order valence-corrected chi connectivity index (χ0v) is 13.1. The molecule has 4 nitrogen and oxygen atoms in total. The summed E-state index contributed by atoms with van der Waals surface area (Å²) < 4.78 is 53.7. The molecule has 0 atom stereocenters. The van der Waals surface area contributed by atoms with Gasteiger partial charge in [-0.2, -0.15) is 0 Å². The van der Waals surface area contributed by atoms with Crippen molar-refractivity contribution in [3.8, 4) is 0 Å². The standard InChI is InChI=1S/C11H9BrF2N2O2S2/c12-6-3-4-19-8(6)5-16-20(17,18)9-2-1-7(13)11(15)10(9)14/h1-4,16H,5,15H2. The van der Waals surface area contributed by atoms with E-state index in [4.69, 9.17) is 5.73 Å². The van der Waals surface area contributed by atoms with E-state index in [2.05, 4.69) is 20.7 Å². The third-order valence-electron chi connectivity index (χ3n) is 2.49. The van der Waals surface area contributed by atoms with Gasteiger partial charge in [-0.05, 0) is 39.5 Å². The molecule has 20 heavy (non-hydrogen) atoms. The average Bonchev–Trinajstić information content (AvgIpc) is 2.79. The largest absolute Gasteiger partial charge is 0.394 e. The Morgan fingerprint density at radius 2 is 2.00 bits per heavy atom. The molecule has 1 aromatic heterocycles. The van der Waals surface area contributed by atoms with Gasteiger partial charge in [0.25, 0.3) is 0 Å². The lowest BCUT2D eigenvalue weighted by Gasteiger charge is -2.09. The lowest BCUT2D eigenvalue weighted by atomic mass is 10.3. The van der Waals surface area contributed by atoms with Crippen LogP contribution in [-0.4, -0.2) is 8.42 Å². The molecule has 9 heteroatoms. The molecule has 108 valence electrons. The molecular formula is C11H9BrF2N2O2S2. The average molecular weight is 383 g/mol. The summed E-state index contributed by atoms with van der Waals surface area (Å²) in [6, 6.07) is 3.42. The third kappa shape index (κ3) is 3.00. The number of nitrogens with one attached hydrogen (secondary N) is 1. The van der Waals surface area contributed by atoms with Crippen LogP contribution in [0.5, 0.6) is 0 Å². The number of hydrogen-bond donors (Lipinski definition) is 2. The van der Waals surface area contributed by atoms with Crippen LogP contribution < -0.4 is 10.5 Å². The molecule has 0 aliphatic carbocycles. The monoisotopic (exact) mass is 382 g/mol. The molecule has 3 N–H and O–H groups in total. The first kappa shape index (κ1) is 15.4. The highest BCUT2D eigenvalue weighted by molar-refractivity contribution is 9.10. The first-order valence-electron chi connectivity index (χ1n) is 5.28. The van der Waals surface area contributed by atoms with Crippen molar-refractivity contribution in [1.29, 1.82) is 0 Å². The van der Waals surface area contributed by atoms with Crippen LogP contribution in [0.4, 0.5) is 14.5 Å². The number of halogens is 3. The second-order valence-electron chi connectivity index (χ2n) is 3.79. The van der Waals surface area contributed by atoms with Crippen LogP contribution in [0.25, 0.3) is 0 Å². The van der Waals surface area contributed by atoms with Crippen LogP contribution in [0.1, 0.15) is 4.88 Å². The number of hydrogen-bond acceptors (Lipinski definition) is 4. The van der Waals surface area contributed by atoms with Gasteiger partial charge in [0.15, 0.2) is 5.82 Å². The van der Waals surface area contributed by atoms with E-state index < -0.39 is 32.2 Å². The summed E-state index contributed by atoms with van der Waals surface area (Å²) in [5, 5.41) is 1.78. The second-order valence-corrected chi connectivity index (χ2v) is 7.38. The van der Waals surface area contributed by atoms with Crippen LogP contribution in [0.2, 0.25) is 0 Å². The fourth-order valence-electron chi connectivity index (χ4n) is 1.45. The Morgan fingerprint density at radius 1 is 1.30 bits per heavy atom. The summed E-state index contributed by atoms with van der Waals surface area (Å²) in [6.45, 7) is -0.00267. The number of sulfonamides is 1.